The van der Waals surface area contributed by atoms with Gasteiger partial charge in [-0.2, -0.15) is 0 Å². The summed E-state index contributed by atoms with van der Waals surface area (Å²) in [6.07, 6.45) is 0. The number of carbonyl (C=O) groups is 2. The lowest BCUT2D eigenvalue weighted by atomic mass is 9.78. The molecule has 0 saturated carbocycles. The van der Waals surface area contributed by atoms with E-state index in [-0.39, 0.29) is 11.1 Å². The highest BCUT2D eigenvalue weighted by Gasteiger charge is 2.42. The Morgan fingerprint density at radius 2 is 1.50 bits per heavy atom. The number of benzene rings is 1. The Morgan fingerprint density at radius 3 is 2.04 bits per heavy atom. The van der Waals surface area contributed by atoms with Crippen LogP contribution in [0, 0.1) is 0 Å². The van der Waals surface area contributed by atoms with E-state index >= 15 is 0 Å². The molecule has 3 rings (SSSR count). The summed E-state index contributed by atoms with van der Waals surface area (Å²) in [5.74, 6) is -2.72. The van der Waals surface area contributed by atoms with Crippen molar-refractivity contribution in [1.82, 2.24) is 4.57 Å². The number of methoxy groups -OCH3 is 2. The molecule has 0 radical (unpaired) electrons. The molecule has 2 atom stereocenters. The number of carbonyl (C=O) groups excluding carboxylic acids is 2. The van der Waals surface area contributed by atoms with E-state index in [0.717, 1.165) is 0 Å². The van der Waals surface area contributed by atoms with Crippen molar-refractivity contribution in [3.63, 3.8) is 0 Å². The van der Waals surface area contributed by atoms with Crippen molar-refractivity contribution in [2.24, 2.45) is 0 Å². The van der Waals surface area contributed by atoms with Crippen molar-refractivity contribution in [3.8, 4) is 5.69 Å². The predicted octanol–water partition coefficient (Wildman–Crippen LogP) is 2.29. The standard InChI is InChI=1S/C19H19NO6/c1-10-13(17(21)24-3)14(18(22)25-4)11(2)16-15(10)20(19(23)26-16)12-8-6-5-7-9-12/h5-11H,1-4H3/t10-,11-/m0/s1. The Labute approximate surface area is 149 Å². The summed E-state index contributed by atoms with van der Waals surface area (Å²) in [7, 11) is 2.49. The molecule has 0 unspecified atom stereocenters. The van der Waals surface area contributed by atoms with E-state index in [1.165, 1.54) is 18.8 Å². The van der Waals surface area contributed by atoms with Gasteiger partial charge in [0.1, 0.15) is 5.76 Å². The van der Waals surface area contributed by atoms with Crippen LogP contribution in [0.5, 0.6) is 0 Å². The predicted molar refractivity (Wildman–Crippen MR) is 92.2 cm³/mol. The molecule has 1 aromatic heterocycles. The summed E-state index contributed by atoms with van der Waals surface area (Å²) in [6, 6.07) is 8.98. The highest BCUT2D eigenvalue weighted by Crippen LogP contribution is 2.43. The van der Waals surface area contributed by atoms with E-state index in [2.05, 4.69) is 0 Å². The summed E-state index contributed by atoms with van der Waals surface area (Å²) >= 11 is 0. The minimum atomic E-state index is -0.648. The average Bonchev–Trinajstić information content (AvgIpc) is 3.01. The maximum atomic E-state index is 12.5. The van der Waals surface area contributed by atoms with Gasteiger partial charge in [-0.25, -0.2) is 19.0 Å². The molecule has 0 fully saturated rings. The van der Waals surface area contributed by atoms with Gasteiger partial charge in [0.2, 0.25) is 0 Å². The topological polar surface area (TPSA) is 87.7 Å². The highest BCUT2D eigenvalue weighted by atomic mass is 16.5. The third-order valence-corrected chi connectivity index (χ3v) is 4.66. The molecule has 1 aliphatic carbocycles. The number of nitrogens with zero attached hydrogens (tertiary/aromatic N) is 1. The molecule has 7 nitrogen and oxygen atoms in total. The molecule has 136 valence electrons. The Hall–Kier alpha value is -3.09. The van der Waals surface area contributed by atoms with Gasteiger partial charge in [0.25, 0.3) is 0 Å². The molecular weight excluding hydrogens is 338 g/mol. The summed E-state index contributed by atoms with van der Waals surface area (Å²) in [5.41, 5.74) is 1.46. The first kappa shape index (κ1) is 17.7. The Morgan fingerprint density at radius 1 is 0.962 bits per heavy atom. The second kappa shape index (κ2) is 6.67. The number of fused-ring (bicyclic) bond motifs is 1. The number of oxazole rings is 1. The van der Waals surface area contributed by atoms with Crippen LogP contribution < -0.4 is 5.76 Å². The minimum Gasteiger partial charge on any atom is -0.466 e. The summed E-state index contributed by atoms with van der Waals surface area (Å²) in [6.45, 7) is 3.42. The van der Waals surface area contributed by atoms with Crippen molar-refractivity contribution in [2.75, 3.05) is 14.2 Å². The number of para-hydroxylation sites is 1. The largest absolute Gasteiger partial charge is 0.466 e. The molecule has 0 spiro atoms. The number of hydrogen-bond donors (Lipinski definition) is 0. The van der Waals surface area contributed by atoms with Crippen LogP contribution in [-0.4, -0.2) is 30.7 Å². The molecular formula is C19H19NO6. The maximum absolute atomic E-state index is 12.5. The van der Waals surface area contributed by atoms with E-state index < -0.39 is 29.5 Å². The van der Waals surface area contributed by atoms with Gasteiger partial charge in [0.05, 0.1) is 36.7 Å². The van der Waals surface area contributed by atoms with Crippen LogP contribution in [0.3, 0.4) is 0 Å². The fraction of sp³-hybridized carbons (Fsp3) is 0.316. The average molecular weight is 357 g/mol. The molecule has 0 amide bonds. The third kappa shape index (κ3) is 2.56. The number of ether oxygens (including phenoxy) is 2. The fourth-order valence-corrected chi connectivity index (χ4v) is 3.47. The molecule has 1 aromatic carbocycles. The zero-order valence-electron chi connectivity index (χ0n) is 14.9. The zero-order chi connectivity index (χ0) is 19.0. The molecule has 0 aliphatic heterocycles. The number of rotatable bonds is 3. The smallest absolute Gasteiger partial charge is 0.424 e. The van der Waals surface area contributed by atoms with Gasteiger partial charge in [-0.3, -0.25) is 0 Å². The molecule has 0 N–H and O–H groups in total. The van der Waals surface area contributed by atoms with Crippen LogP contribution >= 0.6 is 0 Å². The number of aromatic nitrogens is 1. The first-order valence-corrected chi connectivity index (χ1v) is 8.14. The van der Waals surface area contributed by atoms with Gasteiger partial charge in [0, 0.05) is 11.8 Å². The maximum Gasteiger partial charge on any atom is 0.424 e. The summed E-state index contributed by atoms with van der Waals surface area (Å²) in [5, 5.41) is 0. The van der Waals surface area contributed by atoms with Crippen LogP contribution in [0.2, 0.25) is 0 Å². The molecule has 1 aliphatic rings. The SMILES string of the molecule is COC(=O)C1=C(C(=O)OC)[C@H](C)c2c(oc(=O)n2-c2ccccc2)[C@H]1C. The Bertz CT molecular complexity index is 950. The lowest BCUT2D eigenvalue weighted by molar-refractivity contribution is -0.140. The van der Waals surface area contributed by atoms with E-state index in [9.17, 15) is 14.4 Å². The van der Waals surface area contributed by atoms with Gasteiger partial charge in [-0.1, -0.05) is 32.0 Å². The lowest BCUT2D eigenvalue weighted by Gasteiger charge is -2.27. The second-order valence-electron chi connectivity index (χ2n) is 6.04. The number of hydrogen-bond acceptors (Lipinski definition) is 6. The molecule has 7 heteroatoms. The Balaban J connectivity index is 2.30. The van der Waals surface area contributed by atoms with E-state index in [0.29, 0.717) is 17.1 Å². The van der Waals surface area contributed by atoms with Gasteiger partial charge in [0.15, 0.2) is 0 Å². The van der Waals surface area contributed by atoms with Crippen LogP contribution in [0.25, 0.3) is 5.69 Å². The molecule has 0 bridgehead atoms. The van der Waals surface area contributed by atoms with Gasteiger partial charge in [-0.15, -0.1) is 0 Å². The van der Waals surface area contributed by atoms with Crippen molar-refractivity contribution in [3.05, 3.63) is 63.5 Å². The fourth-order valence-electron chi connectivity index (χ4n) is 3.47. The molecule has 0 saturated heterocycles. The normalized spacial score (nSPS) is 19.1. The molecule has 26 heavy (non-hydrogen) atoms. The molecule has 1 heterocycles. The van der Waals surface area contributed by atoms with E-state index in [1.807, 2.05) is 6.07 Å². The summed E-state index contributed by atoms with van der Waals surface area (Å²) < 4.78 is 16.6. The van der Waals surface area contributed by atoms with Gasteiger partial charge >= 0.3 is 17.7 Å². The van der Waals surface area contributed by atoms with Crippen molar-refractivity contribution in [1.29, 1.82) is 0 Å². The van der Waals surface area contributed by atoms with E-state index in [1.54, 1.807) is 38.1 Å². The van der Waals surface area contributed by atoms with E-state index in [4.69, 9.17) is 13.9 Å². The molecule has 2 aromatic rings. The van der Waals surface area contributed by atoms with Crippen LogP contribution in [0.1, 0.15) is 37.1 Å². The lowest BCUT2D eigenvalue weighted by Crippen LogP contribution is -2.28. The van der Waals surface area contributed by atoms with Gasteiger partial charge in [-0.05, 0) is 12.1 Å². The van der Waals surface area contributed by atoms with Crippen molar-refractivity contribution in [2.45, 2.75) is 25.7 Å². The monoisotopic (exact) mass is 357 g/mol. The Kier molecular flexibility index (Phi) is 4.54. The van der Waals surface area contributed by atoms with Crippen molar-refractivity contribution < 1.29 is 23.5 Å². The zero-order valence-corrected chi connectivity index (χ0v) is 14.9. The van der Waals surface area contributed by atoms with Crippen LogP contribution in [-0.2, 0) is 19.1 Å². The number of esters is 2. The first-order valence-electron chi connectivity index (χ1n) is 8.14. The van der Waals surface area contributed by atoms with Crippen LogP contribution in [0.4, 0.5) is 0 Å². The van der Waals surface area contributed by atoms with Crippen LogP contribution in [0.15, 0.2) is 50.7 Å². The highest BCUT2D eigenvalue weighted by molar-refractivity contribution is 6.03. The summed E-state index contributed by atoms with van der Waals surface area (Å²) in [4.78, 5) is 37.3. The minimum absolute atomic E-state index is 0.147. The van der Waals surface area contributed by atoms with Crippen molar-refractivity contribution >= 4 is 11.9 Å². The second-order valence-corrected chi connectivity index (χ2v) is 6.04. The first-order chi connectivity index (χ1) is 12.4. The van der Waals surface area contributed by atoms with Gasteiger partial charge < -0.3 is 13.9 Å². The quantitative estimate of drug-likeness (QED) is 0.783. The third-order valence-electron chi connectivity index (χ3n) is 4.66.